The van der Waals surface area contributed by atoms with Crippen LogP contribution in [0.2, 0.25) is 0 Å². The summed E-state index contributed by atoms with van der Waals surface area (Å²) in [6.07, 6.45) is 0. The van der Waals surface area contributed by atoms with Crippen molar-refractivity contribution in [2.24, 2.45) is 0 Å². The van der Waals surface area contributed by atoms with Crippen LogP contribution in [0.5, 0.6) is 5.75 Å². The quantitative estimate of drug-likeness (QED) is 0.824. The average molecular weight is 253 g/mol. The Labute approximate surface area is 112 Å². The minimum atomic E-state index is 0.471. The number of methoxy groups -OCH3 is 1. The number of nitrogens with zero attached hydrogens (tertiary/aromatic N) is 1. The van der Waals surface area contributed by atoms with Gasteiger partial charge in [0.25, 0.3) is 0 Å². The Balaban J connectivity index is 2.26. The maximum atomic E-state index is 8.84. The van der Waals surface area contributed by atoms with Crippen molar-refractivity contribution >= 4 is 17.1 Å². The number of nitrogens with one attached hydrogen (secondary N) is 1. The Bertz CT molecular complexity index is 644. The van der Waals surface area contributed by atoms with Gasteiger partial charge in [-0.3, -0.25) is 0 Å². The molecule has 0 fully saturated rings. The highest BCUT2D eigenvalue weighted by molar-refractivity contribution is 5.69. The van der Waals surface area contributed by atoms with Gasteiger partial charge < -0.3 is 15.8 Å². The van der Waals surface area contributed by atoms with Crippen molar-refractivity contribution in [2.45, 2.75) is 6.92 Å². The fourth-order valence-electron chi connectivity index (χ4n) is 1.80. The van der Waals surface area contributed by atoms with Gasteiger partial charge in [0, 0.05) is 11.4 Å². The van der Waals surface area contributed by atoms with Crippen molar-refractivity contribution in [2.75, 3.05) is 18.2 Å². The van der Waals surface area contributed by atoms with E-state index in [4.69, 9.17) is 15.7 Å². The molecule has 0 unspecified atom stereocenters. The molecule has 0 aromatic heterocycles. The Morgan fingerprint density at radius 2 is 2.00 bits per heavy atom. The van der Waals surface area contributed by atoms with Crippen molar-refractivity contribution in [3.63, 3.8) is 0 Å². The summed E-state index contributed by atoms with van der Waals surface area (Å²) < 4.78 is 5.17. The number of rotatable bonds is 3. The van der Waals surface area contributed by atoms with Crippen LogP contribution in [0.4, 0.5) is 17.1 Å². The van der Waals surface area contributed by atoms with Crippen molar-refractivity contribution in [1.29, 1.82) is 5.26 Å². The highest BCUT2D eigenvalue weighted by atomic mass is 16.5. The SMILES string of the molecule is COc1ccc(Nc2ccc(C#N)c(N)c2)c(C)c1. The first-order chi connectivity index (χ1) is 9.13. The summed E-state index contributed by atoms with van der Waals surface area (Å²) in [6, 6.07) is 13.1. The molecule has 96 valence electrons. The third kappa shape index (κ3) is 2.78. The predicted molar refractivity (Wildman–Crippen MR) is 76.6 cm³/mol. The Morgan fingerprint density at radius 3 is 2.58 bits per heavy atom. The van der Waals surface area contributed by atoms with Crippen LogP contribution < -0.4 is 15.8 Å². The standard InChI is InChI=1S/C15H15N3O/c1-10-7-13(19-2)5-6-15(10)18-12-4-3-11(9-16)14(17)8-12/h3-8,18H,17H2,1-2H3. The van der Waals surface area contributed by atoms with Crippen LogP contribution in [0.25, 0.3) is 0 Å². The second-order valence-electron chi connectivity index (χ2n) is 4.22. The maximum Gasteiger partial charge on any atom is 0.119 e. The summed E-state index contributed by atoms with van der Waals surface area (Å²) >= 11 is 0. The van der Waals surface area contributed by atoms with Gasteiger partial charge in [-0.25, -0.2) is 0 Å². The predicted octanol–water partition coefficient (Wildman–Crippen LogP) is 3.20. The monoisotopic (exact) mass is 253 g/mol. The molecule has 0 bridgehead atoms. The molecule has 2 rings (SSSR count). The molecule has 0 atom stereocenters. The van der Waals surface area contributed by atoms with E-state index >= 15 is 0 Å². The van der Waals surface area contributed by atoms with Gasteiger partial charge in [-0.15, -0.1) is 0 Å². The molecule has 4 heteroatoms. The molecule has 0 spiro atoms. The van der Waals surface area contributed by atoms with E-state index in [1.54, 1.807) is 19.2 Å². The summed E-state index contributed by atoms with van der Waals surface area (Å²) in [5, 5.41) is 12.1. The fourth-order valence-corrected chi connectivity index (χ4v) is 1.80. The van der Waals surface area contributed by atoms with E-state index in [1.807, 2.05) is 37.3 Å². The third-order valence-corrected chi connectivity index (χ3v) is 2.88. The fraction of sp³-hybridized carbons (Fsp3) is 0.133. The number of nitrogen functional groups attached to an aromatic ring is 1. The molecule has 0 radical (unpaired) electrons. The second-order valence-corrected chi connectivity index (χ2v) is 4.22. The molecular formula is C15H15N3O. The van der Waals surface area contributed by atoms with Crippen LogP contribution in [0.15, 0.2) is 36.4 Å². The molecule has 0 heterocycles. The minimum absolute atomic E-state index is 0.471. The lowest BCUT2D eigenvalue weighted by Crippen LogP contribution is -1.96. The lowest BCUT2D eigenvalue weighted by molar-refractivity contribution is 0.414. The van der Waals surface area contributed by atoms with Crippen molar-refractivity contribution in [1.82, 2.24) is 0 Å². The molecule has 0 saturated carbocycles. The number of hydrogen-bond donors (Lipinski definition) is 2. The van der Waals surface area contributed by atoms with Gasteiger partial charge in [-0.2, -0.15) is 5.26 Å². The normalized spacial score (nSPS) is 9.74. The van der Waals surface area contributed by atoms with Crippen molar-refractivity contribution < 1.29 is 4.74 Å². The molecule has 2 aromatic carbocycles. The molecule has 2 aromatic rings. The van der Waals surface area contributed by atoms with Gasteiger partial charge in [-0.05, 0) is 48.9 Å². The van der Waals surface area contributed by atoms with Gasteiger partial charge >= 0.3 is 0 Å². The molecule has 0 aliphatic heterocycles. The first-order valence-corrected chi connectivity index (χ1v) is 5.85. The summed E-state index contributed by atoms with van der Waals surface area (Å²) in [6.45, 7) is 2.00. The average Bonchev–Trinajstić information content (AvgIpc) is 2.41. The van der Waals surface area contributed by atoms with Gasteiger partial charge in [0.1, 0.15) is 11.8 Å². The Hall–Kier alpha value is -2.67. The molecular weight excluding hydrogens is 238 g/mol. The van der Waals surface area contributed by atoms with Crippen LogP contribution >= 0.6 is 0 Å². The van der Waals surface area contributed by atoms with E-state index in [0.29, 0.717) is 11.3 Å². The highest BCUT2D eigenvalue weighted by Crippen LogP contribution is 2.26. The van der Waals surface area contributed by atoms with Crippen LogP contribution in [0.3, 0.4) is 0 Å². The largest absolute Gasteiger partial charge is 0.497 e. The number of nitriles is 1. The van der Waals surface area contributed by atoms with Gasteiger partial charge in [-0.1, -0.05) is 0 Å². The maximum absolute atomic E-state index is 8.84. The molecule has 0 amide bonds. The number of ether oxygens (including phenoxy) is 1. The summed E-state index contributed by atoms with van der Waals surface area (Å²) in [5.41, 5.74) is 9.64. The lowest BCUT2D eigenvalue weighted by Gasteiger charge is -2.11. The minimum Gasteiger partial charge on any atom is -0.497 e. The zero-order valence-corrected chi connectivity index (χ0v) is 10.9. The van der Waals surface area contributed by atoms with Gasteiger partial charge in [0.15, 0.2) is 0 Å². The lowest BCUT2D eigenvalue weighted by atomic mass is 10.1. The topological polar surface area (TPSA) is 71.1 Å². The Morgan fingerprint density at radius 1 is 1.21 bits per heavy atom. The van der Waals surface area contributed by atoms with E-state index in [-0.39, 0.29) is 0 Å². The molecule has 0 aliphatic rings. The zero-order chi connectivity index (χ0) is 13.8. The number of benzene rings is 2. The van der Waals surface area contributed by atoms with Crippen molar-refractivity contribution in [3.05, 3.63) is 47.5 Å². The molecule has 3 N–H and O–H groups in total. The van der Waals surface area contributed by atoms with E-state index < -0.39 is 0 Å². The Kier molecular flexibility index (Phi) is 3.58. The van der Waals surface area contributed by atoms with E-state index in [0.717, 1.165) is 22.7 Å². The molecule has 4 nitrogen and oxygen atoms in total. The number of hydrogen-bond acceptors (Lipinski definition) is 4. The zero-order valence-electron chi connectivity index (χ0n) is 10.9. The summed E-state index contributed by atoms with van der Waals surface area (Å²) in [7, 11) is 1.64. The smallest absolute Gasteiger partial charge is 0.119 e. The third-order valence-electron chi connectivity index (χ3n) is 2.88. The van der Waals surface area contributed by atoms with Gasteiger partial charge in [0.05, 0.1) is 18.4 Å². The second kappa shape index (κ2) is 5.32. The van der Waals surface area contributed by atoms with E-state index in [1.165, 1.54) is 0 Å². The van der Waals surface area contributed by atoms with Crippen LogP contribution in [0.1, 0.15) is 11.1 Å². The summed E-state index contributed by atoms with van der Waals surface area (Å²) in [4.78, 5) is 0. The number of anilines is 3. The van der Waals surface area contributed by atoms with Crippen LogP contribution in [-0.2, 0) is 0 Å². The highest BCUT2D eigenvalue weighted by Gasteiger charge is 2.03. The van der Waals surface area contributed by atoms with E-state index in [2.05, 4.69) is 5.32 Å². The molecule has 0 saturated heterocycles. The number of nitrogens with two attached hydrogens (primary N) is 1. The summed E-state index contributed by atoms with van der Waals surface area (Å²) in [5.74, 6) is 0.822. The van der Waals surface area contributed by atoms with E-state index in [9.17, 15) is 0 Å². The number of aryl methyl sites for hydroxylation is 1. The van der Waals surface area contributed by atoms with Crippen LogP contribution in [-0.4, -0.2) is 7.11 Å². The van der Waals surface area contributed by atoms with Crippen LogP contribution in [0, 0.1) is 18.3 Å². The molecule has 0 aliphatic carbocycles. The first-order valence-electron chi connectivity index (χ1n) is 5.85. The first kappa shape index (κ1) is 12.8. The molecule has 19 heavy (non-hydrogen) atoms. The van der Waals surface area contributed by atoms with Gasteiger partial charge in [0.2, 0.25) is 0 Å². The van der Waals surface area contributed by atoms with Crippen molar-refractivity contribution in [3.8, 4) is 11.8 Å².